The predicted molar refractivity (Wildman–Crippen MR) is 63.8 cm³/mol. The van der Waals surface area contributed by atoms with Crippen LogP contribution < -0.4 is 14.8 Å². The van der Waals surface area contributed by atoms with Crippen LogP contribution in [0.1, 0.15) is 10.4 Å². The molecule has 5 heteroatoms. The molecular formula is C12H17NO4. The van der Waals surface area contributed by atoms with Crippen molar-refractivity contribution in [3.05, 3.63) is 23.8 Å². The van der Waals surface area contributed by atoms with Gasteiger partial charge in [0.2, 0.25) is 0 Å². The van der Waals surface area contributed by atoms with Gasteiger partial charge in [-0.1, -0.05) is 0 Å². The van der Waals surface area contributed by atoms with Crippen LogP contribution >= 0.6 is 0 Å². The lowest BCUT2D eigenvalue weighted by Gasteiger charge is -2.09. The van der Waals surface area contributed by atoms with Gasteiger partial charge in [0.1, 0.15) is 6.61 Å². The second-order valence-corrected chi connectivity index (χ2v) is 3.31. The van der Waals surface area contributed by atoms with Crippen molar-refractivity contribution in [3.8, 4) is 11.5 Å². The van der Waals surface area contributed by atoms with Crippen LogP contribution in [0.4, 0.5) is 0 Å². The first-order chi connectivity index (χ1) is 8.22. The van der Waals surface area contributed by atoms with E-state index in [4.69, 9.17) is 14.2 Å². The zero-order valence-electron chi connectivity index (χ0n) is 10.3. The van der Waals surface area contributed by atoms with Crippen LogP contribution in [0.15, 0.2) is 18.2 Å². The number of ether oxygens (including phenoxy) is 3. The normalized spacial score (nSPS) is 9.82. The highest BCUT2D eigenvalue weighted by atomic mass is 16.5. The molecule has 0 atom stereocenters. The van der Waals surface area contributed by atoms with Crippen LogP contribution in [-0.4, -0.2) is 40.4 Å². The molecule has 0 bridgehead atoms. The lowest BCUT2D eigenvalue weighted by molar-refractivity contribution is 0.0510. The van der Waals surface area contributed by atoms with Crippen molar-refractivity contribution in [2.75, 3.05) is 34.4 Å². The summed E-state index contributed by atoms with van der Waals surface area (Å²) in [5.74, 6) is 0.719. The molecule has 94 valence electrons. The van der Waals surface area contributed by atoms with Crippen molar-refractivity contribution >= 4 is 5.97 Å². The fraction of sp³-hybridized carbons (Fsp3) is 0.417. The monoisotopic (exact) mass is 239 g/mol. The van der Waals surface area contributed by atoms with Crippen molar-refractivity contribution in [2.24, 2.45) is 0 Å². The Labute approximate surface area is 101 Å². The average molecular weight is 239 g/mol. The maximum absolute atomic E-state index is 11.6. The Hall–Kier alpha value is -1.75. The molecule has 0 fully saturated rings. The van der Waals surface area contributed by atoms with E-state index >= 15 is 0 Å². The van der Waals surface area contributed by atoms with E-state index < -0.39 is 0 Å². The number of hydrogen-bond acceptors (Lipinski definition) is 5. The summed E-state index contributed by atoms with van der Waals surface area (Å²) in [6.45, 7) is 0.961. The van der Waals surface area contributed by atoms with Gasteiger partial charge in [-0.3, -0.25) is 0 Å². The molecule has 1 rings (SSSR count). The minimum Gasteiger partial charge on any atom is -0.493 e. The van der Waals surface area contributed by atoms with Crippen molar-refractivity contribution in [1.29, 1.82) is 0 Å². The number of carbonyl (C=O) groups excluding carboxylic acids is 1. The fourth-order valence-electron chi connectivity index (χ4n) is 1.29. The van der Waals surface area contributed by atoms with Gasteiger partial charge in [0.15, 0.2) is 11.5 Å². The van der Waals surface area contributed by atoms with Gasteiger partial charge in [0, 0.05) is 6.54 Å². The number of methoxy groups -OCH3 is 2. The lowest BCUT2D eigenvalue weighted by atomic mass is 10.2. The highest BCUT2D eigenvalue weighted by Crippen LogP contribution is 2.27. The molecule has 0 saturated heterocycles. The van der Waals surface area contributed by atoms with Gasteiger partial charge in [-0.2, -0.15) is 0 Å². The lowest BCUT2D eigenvalue weighted by Crippen LogP contribution is -2.17. The SMILES string of the molecule is CNCCOC(=O)c1ccc(OC)c(OC)c1. The summed E-state index contributed by atoms with van der Waals surface area (Å²) in [7, 11) is 4.86. The zero-order chi connectivity index (χ0) is 12.7. The van der Waals surface area contributed by atoms with Gasteiger partial charge in [-0.15, -0.1) is 0 Å². The Morgan fingerprint density at radius 2 is 1.94 bits per heavy atom. The first-order valence-electron chi connectivity index (χ1n) is 5.26. The molecule has 0 spiro atoms. The summed E-state index contributed by atoms with van der Waals surface area (Å²) in [4.78, 5) is 11.6. The quantitative estimate of drug-likeness (QED) is 0.594. The molecule has 17 heavy (non-hydrogen) atoms. The van der Waals surface area contributed by atoms with E-state index in [1.165, 1.54) is 7.11 Å². The Kier molecular flexibility index (Phi) is 5.29. The number of nitrogens with one attached hydrogen (secondary N) is 1. The van der Waals surface area contributed by atoms with Gasteiger partial charge in [-0.25, -0.2) is 4.79 Å². The fourth-order valence-corrected chi connectivity index (χ4v) is 1.29. The zero-order valence-corrected chi connectivity index (χ0v) is 10.3. The van der Waals surface area contributed by atoms with Crippen LogP contribution in [0.3, 0.4) is 0 Å². The molecule has 0 unspecified atom stereocenters. The Balaban J connectivity index is 2.74. The Morgan fingerprint density at radius 3 is 2.53 bits per heavy atom. The van der Waals surface area contributed by atoms with Gasteiger partial charge in [0.25, 0.3) is 0 Å². The number of rotatable bonds is 6. The minimum atomic E-state index is -0.374. The number of benzene rings is 1. The smallest absolute Gasteiger partial charge is 0.338 e. The summed E-state index contributed by atoms with van der Waals surface area (Å²) in [5.41, 5.74) is 0.443. The molecule has 1 aromatic carbocycles. The average Bonchev–Trinajstić information content (AvgIpc) is 2.38. The van der Waals surface area contributed by atoms with E-state index in [0.29, 0.717) is 30.2 Å². The van der Waals surface area contributed by atoms with E-state index in [1.54, 1.807) is 32.4 Å². The molecule has 1 aromatic rings. The topological polar surface area (TPSA) is 56.8 Å². The van der Waals surface area contributed by atoms with Gasteiger partial charge >= 0.3 is 5.97 Å². The molecule has 5 nitrogen and oxygen atoms in total. The second-order valence-electron chi connectivity index (χ2n) is 3.31. The van der Waals surface area contributed by atoms with E-state index in [0.717, 1.165) is 0 Å². The Bertz CT molecular complexity index is 379. The summed E-state index contributed by atoms with van der Waals surface area (Å²) in [5, 5.41) is 2.89. The van der Waals surface area contributed by atoms with Gasteiger partial charge in [0.05, 0.1) is 19.8 Å². The van der Waals surface area contributed by atoms with Crippen LogP contribution in [-0.2, 0) is 4.74 Å². The molecule has 0 amide bonds. The summed E-state index contributed by atoms with van der Waals surface area (Å²) in [6.07, 6.45) is 0. The number of hydrogen-bond donors (Lipinski definition) is 1. The van der Waals surface area contributed by atoms with E-state index in [1.807, 2.05) is 0 Å². The number of carbonyl (C=O) groups is 1. The predicted octanol–water partition coefficient (Wildman–Crippen LogP) is 1.08. The molecule has 1 N–H and O–H groups in total. The van der Waals surface area contributed by atoms with Gasteiger partial charge in [-0.05, 0) is 25.2 Å². The third kappa shape index (κ3) is 3.64. The second kappa shape index (κ2) is 6.75. The molecule has 0 aliphatic heterocycles. The van der Waals surface area contributed by atoms with E-state index in [2.05, 4.69) is 5.32 Å². The molecule has 0 radical (unpaired) electrons. The maximum Gasteiger partial charge on any atom is 0.338 e. The molecular weight excluding hydrogens is 222 g/mol. The first kappa shape index (κ1) is 13.3. The summed E-state index contributed by atoms with van der Waals surface area (Å²) < 4.78 is 15.2. The van der Waals surface area contributed by atoms with Crippen molar-refractivity contribution in [3.63, 3.8) is 0 Å². The van der Waals surface area contributed by atoms with Crippen molar-refractivity contribution < 1.29 is 19.0 Å². The molecule has 0 saturated carbocycles. The van der Waals surface area contributed by atoms with E-state index in [9.17, 15) is 4.79 Å². The van der Waals surface area contributed by atoms with Crippen LogP contribution in [0.5, 0.6) is 11.5 Å². The number of esters is 1. The first-order valence-corrected chi connectivity index (χ1v) is 5.26. The third-order valence-electron chi connectivity index (χ3n) is 2.20. The molecule has 0 aliphatic rings. The maximum atomic E-state index is 11.6. The van der Waals surface area contributed by atoms with Gasteiger partial charge < -0.3 is 19.5 Å². The summed E-state index contributed by atoms with van der Waals surface area (Å²) in [6, 6.07) is 4.91. The highest BCUT2D eigenvalue weighted by Gasteiger charge is 2.11. The third-order valence-corrected chi connectivity index (χ3v) is 2.20. The highest BCUT2D eigenvalue weighted by molar-refractivity contribution is 5.90. The van der Waals surface area contributed by atoms with Crippen molar-refractivity contribution in [1.82, 2.24) is 5.32 Å². The molecule has 0 aliphatic carbocycles. The number of likely N-dealkylation sites (N-methyl/N-ethyl adjacent to an activating group) is 1. The van der Waals surface area contributed by atoms with Crippen LogP contribution in [0.25, 0.3) is 0 Å². The van der Waals surface area contributed by atoms with Crippen LogP contribution in [0, 0.1) is 0 Å². The standard InChI is InChI=1S/C12H17NO4/c1-13-6-7-17-12(14)9-4-5-10(15-2)11(8-9)16-3/h4-5,8,13H,6-7H2,1-3H3. The van der Waals surface area contributed by atoms with Crippen LogP contribution in [0.2, 0.25) is 0 Å². The Morgan fingerprint density at radius 1 is 1.24 bits per heavy atom. The molecule has 0 aromatic heterocycles. The van der Waals surface area contributed by atoms with E-state index in [-0.39, 0.29) is 5.97 Å². The van der Waals surface area contributed by atoms with Crippen molar-refractivity contribution in [2.45, 2.75) is 0 Å². The molecule has 0 heterocycles. The largest absolute Gasteiger partial charge is 0.493 e. The minimum absolute atomic E-state index is 0.337. The summed E-state index contributed by atoms with van der Waals surface area (Å²) >= 11 is 0.